The fraction of sp³-hybridized carbons (Fsp3) is 0.500. The Kier molecular flexibility index (Phi) is 3.78. The number of rotatable bonds is 4. The van der Waals surface area contributed by atoms with E-state index in [0.717, 1.165) is 30.8 Å². The van der Waals surface area contributed by atoms with E-state index in [1.807, 2.05) is 0 Å². The maximum atomic E-state index is 11.3. The van der Waals surface area contributed by atoms with Gasteiger partial charge in [0.25, 0.3) is 0 Å². The number of carboxylic acid groups (broad SMARTS) is 1. The number of anilines is 1. The molecule has 0 aliphatic carbocycles. The molecule has 0 unspecified atom stereocenters. The molecule has 0 saturated carbocycles. The number of ether oxygens (including phenoxy) is 2. The first-order chi connectivity index (χ1) is 8.67. The lowest BCUT2D eigenvalue weighted by Gasteiger charge is -2.21. The molecule has 0 bridgehead atoms. The van der Waals surface area contributed by atoms with Crippen molar-refractivity contribution in [3.05, 3.63) is 22.9 Å². The Morgan fingerprint density at radius 3 is 2.83 bits per heavy atom. The van der Waals surface area contributed by atoms with Crippen molar-refractivity contribution < 1.29 is 19.4 Å². The van der Waals surface area contributed by atoms with Gasteiger partial charge < -0.3 is 19.9 Å². The van der Waals surface area contributed by atoms with Crippen LogP contribution in [0.25, 0.3) is 0 Å². The summed E-state index contributed by atoms with van der Waals surface area (Å²) in [6.07, 6.45) is 1.04. The first-order valence-corrected chi connectivity index (χ1v) is 5.74. The van der Waals surface area contributed by atoms with Gasteiger partial charge in [-0.25, -0.2) is 9.78 Å². The number of hydrogen-bond acceptors (Lipinski definition) is 5. The monoisotopic (exact) mass is 252 g/mol. The first kappa shape index (κ1) is 12.8. The summed E-state index contributed by atoms with van der Waals surface area (Å²) in [6, 6.07) is 1.65. The summed E-state index contributed by atoms with van der Waals surface area (Å²) in [4.78, 5) is 15.6. The molecule has 98 valence electrons. The topological polar surface area (TPSA) is 80.7 Å². The molecule has 0 fully saturated rings. The maximum absolute atomic E-state index is 11.3. The number of nitrogens with zero attached hydrogens (tertiary/aromatic N) is 1. The maximum Gasteiger partial charge on any atom is 0.337 e. The molecule has 1 aromatic heterocycles. The van der Waals surface area contributed by atoms with Crippen LogP contribution in [0.3, 0.4) is 0 Å². The van der Waals surface area contributed by atoms with E-state index < -0.39 is 12.3 Å². The van der Waals surface area contributed by atoms with Gasteiger partial charge in [0.2, 0.25) is 6.29 Å². The van der Waals surface area contributed by atoms with E-state index in [9.17, 15) is 9.90 Å². The highest BCUT2D eigenvalue weighted by Gasteiger charge is 2.24. The average molecular weight is 252 g/mol. The molecule has 0 spiro atoms. The van der Waals surface area contributed by atoms with Crippen LogP contribution in [0.1, 0.15) is 34.3 Å². The van der Waals surface area contributed by atoms with Gasteiger partial charge in [-0.05, 0) is 24.5 Å². The number of fused-ring (bicyclic) bond motifs is 1. The summed E-state index contributed by atoms with van der Waals surface area (Å²) < 4.78 is 10.2. The van der Waals surface area contributed by atoms with Gasteiger partial charge in [0.15, 0.2) is 0 Å². The van der Waals surface area contributed by atoms with E-state index in [4.69, 9.17) is 9.47 Å². The Hall–Kier alpha value is -1.66. The van der Waals surface area contributed by atoms with Crippen molar-refractivity contribution in [2.45, 2.75) is 19.1 Å². The molecule has 2 heterocycles. The summed E-state index contributed by atoms with van der Waals surface area (Å²) >= 11 is 0. The highest BCUT2D eigenvalue weighted by atomic mass is 16.7. The van der Waals surface area contributed by atoms with Gasteiger partial charge in [-0.3, -0.25) is 0 Å². The van der Waals surface area contributed by atoms with Crippen molar-refractivity contribution in [1.29, 1.82) is 0 Å². The van der Waals surface area contributed by atoms with Crippen LogP contribution in [0.5, 0.6) is 0 Å². The number of pyridine rings is 1. The Morgan fingerprint density at radius 1 is 1.50 bits per heavy atom. The van der Waals surface area contributed by atoms with Crippen molar-refractivity contribution in [3.8, 4) is 0 Å². The van der Waals surface area contributed by atoms with Crippen LogP contribution in [0.2, 0.25) is 0 Å². The molecule has 2 N–H and O–H groups in total. The standard InChI is InChI=1S/C12H16N2O4/c1-17-12(18-2)9-8(11(15)16)6-7-4-3-5-13-10(7)14-9/h6,12H,3-5H2,1-2H3,(H,13,14)(H,15,16). The molecule has 0 aromatic carbocycles. The largest absolute Gasteiger partial charge is 0.478 e. The number of nitrogens with one attached hydrogen (secondary N) is 1. The van der Waals surface area contributed by atoms with Gasteiger partial charge in [0.05, 0.1) is 5.56 Å². The molecule has 18 heavy (non-hydrogen) atoms. The Bertz CT molecular complexity index is 458. The van der Waals surface area contributed by atoms with Crippen molar-refractivity contribution >= 4 is 11.8 Å². The normalized spacial score (nSPS) is 14.2. The molecule has 1 aromatic rings. The average Bonchev–Trinajstić information content (AvgIpc) is 2.39. The summed E-state index contributed by atoms with van der Waals surface area (Å²) in [5, 5.41) is 12.4. The number of hydrogen-bond donors (Lipinski definition) is 2. The third-order valence-corrected chi connectivity index (χ3v) is 2.93. The summed E-state index contributed by atoms with van der Waals surface area (Å²) in [7, 11) is 2.91. The van der Waals surface area contributed by atoms with Crippen LogP contribution in [-0.4, -0.2) is 36.8 Å². The van der Waals surface area contributed by atoms with Crippen LogP contribution in [0.4, 0.5) is 5.82 Å². The van der Waals surface area contributed by atoms with E-state index in [1.54, 1.807) is 6.07 Å². The van der Waals surface area contributed by atoms with E-state index in [-0.39, 0.29) is 5.56 Å². The molecule has 6 nitrogen and oxygen atoms in total. The zero-order valence-corrected chi connectivity index (χ0v) is 10.4. The van der Waals surface area contributed by atoms with Gasteiger partial charge in [-0.1, -0.05) is 0 Å². The number of aromatic nitrogens is 1. The minimum atomic E-state index is -1.02. The van der Waals surface area contributed by atoms with E-state index in [1.165, 1.54) is 14.2 Å². The third kappa shape index (κ3) is 2.30. The minimum Gasteiger partial charge on any atom is -0.478 e. The van der Waals surface area contributed by atoms with Crippen LogP contribution in [0.15, 0.2) is 6.07 Å². The van der Waals surface area contributed by atoms with Gasteiger partial charge in [0, 0.05) is 20.8 Å². The van der Waals surface area contributed by atoms with Crippen molar-refractivity contribution in [2.24, 2.45) is 0 Å². The number of methoxy groups -OCH3 is 2. The Labute approximate surface area is 105 Å². The fourth-order valence-electron chi connectivity index (χ4n) is 2.07. The summed E-state index contributed by atoms with van der Waals surface area (Å²) in [6.45, 7) is 0.844. The number of carboxylic acids is 1. The van der Waals surface area contributed by atoms with Crippen molar-refractivity contribution in [2.75, 3.05) is 26.1 Å². The van der Waals surface area contributed by atoms with Gasteiger partial charge in [0.1, 0.15) is 11.5 Å². The molecular formula is C12H16N2O4. The van der Waals surface area contributed by atoms with Crippen LogP contribution in [-0.2, 0) is 15.9 Å². The second-order valence-corrected chi connectivity index (χ2v) is 4.07. The smallest absolute Gasteiger partial charge is 0.337 e. The second kappa shape index (κ2) is 5.32. The van der Waals surface area contributed by atoms with Crippen LogP contribution < -0.4 is 5.32 Å². The lowest BCUT2D eigenvalue weighted by atomic mass is 10.0. The highest BCUT2D eigenvalue weighted by molar-refractivity contribution is 5.89. The van der Waals surface area contributed by atoms with E-state index >= 15 is 0 Å². The van der Waals surface area contributed by atoms with E-state index in [0.29, 0.717) is 5.69 Å². The van der Waals surface area contributed by atoms with Gasteiger partial charge in [-0.2, -0.15) is 0 Å². The molecule has 0 amide bonds. The molecule has 0 atom stereocenters. The molecule has 1 aliphatic heterocycles. The number of carbonyl (C=O) groups is 1. The predicted octanol–water partition coefficient (Wildman–Crippen LogP) is 1.43. The lowest BCUT2D eigenvalue weighted by Crippen LogP contribution is -2.19. The molecule has 0 radical (unpaired) electrons. The quantitative estimate of drug-likeness (QED) is 0.789. The summed E-state index contributed by atoms with van der Waals surface area (Å²) in [5.41, 5.74) is 1.35. The van der Waals surface area contributed by atoms with Gasteiger partial charge >= 0.3 is 5.97 Å². The van der Waals surface area contributed by atoms with Crippen LogP contribution >= 0.6 is 0 Å². The van der Waals surface area contributed by atoms with Gasteiger partial charge in [-0.15, -0.1) is 0 Å². The molecule has 6 heteroatoms. The SMILES string of the molecule is COC(OC)c1nc2c(cc1C(=O)O)CCCN2. The molecule has 1 aliphatic rings. The second-order valence-electron chi connectivity index (χ2n) is 4.07. The van der Waals surface area contributed by atoms with Crippen LogP contribution in [0, 0.1) is 0 Å². The molecular weight excluding hydrogens is 236 g/mol. The lowest BCUT2D eigenvalue weighted by molar-refractivity contribution is -0.109. The first-order valence-electron chi connectivity index (χ1n) is 5.74. The predicted molar refractivity (Wildman–Crippen MR) is 64.8 cm³/mol. The molecule has 2 rings (SSSR count). The minimum absolute atomic E-state index is 0.131. The number of aromatic carboxylic acids is 1. The highest BCUT2D eigenvalue weighted by Crippen LogP contribution is 2.27. The fourth-order valence-corrected chi connectivity index (χ4v) is 2.07. The van der Waals surface area contributed by atoms with E-state index in [2.05, 4.69) is 10.3 Å². The zero-order chi connectivity index (χ0) is 13.1. The zero-order valence-electron chi connectivity index (χ0n) is 10.4. The Balaban J connectivity index is 2.51. The van der Waals surface area contributed by atoms with Crippen molar-refractivity contribution in [1.82, 2.24) is 4.98 Å². The third-order valence-electron chi connectivity index (χ3n) is 2.93. The Morgan fingerprint density at radius 2 is 2.22 bits per heavy atom. The summed E-state index contributed by atoms with van der Waals surface area (Å²) in [5.74, 6) is -0.301. The number of aryl methyl sites for hydroxylation is 1. The molecule has 0 saturated heterocycles. The van der Waals surface area contributed by atoms with Crippen molar-refractivity contribution in [3.63, 3.8) is 0 Å².